The molecule has 24 N–H and O–H groups in total. The number of halogens is 2. The lowest BCUT2D eigenvalue weighted by Crippen LogP contribution is -2.65. The van der Waals surface area contributed by atoms with Crippen molar-refractivity contribution in [3.63, 3.8) is 0 Å². The van der Waals surface area contributed by atoms with Crippen molar-refractivity contribution in [2.24, 2.45) is 17.4 Å². The molecule has 9 heterocycles. The van der Waals surface area contributed by atoms with E-state index in [2.05, 4.69) is 42.5 Å². The first kappa shape index (κ1) is 93.9. The number of aliphatic hydroxyl groups excluding tert-OH is 8. The van der Waals surface area contributed by atoms with Gasteiger partial charge in [-0.1, -0.05) is 55.2 Å². The molecule has 6 aromatic carbocycles. The lowest BCUT2D eigenvalue weighted by Gasteiger charge is -2.46. The Labute approximate surface area is 738 Å². The third kappa shape index (κ3) is 20.7. The number of nitrogens with two attached hydrogens (primary N) is 2. The van der Waals surface area contributed by atoms with Crippen LogP contribution in [0.5, 0.6) is 51.7 Å². The zero-order chi connectivity index (χ0) is 91.6. The number of aromatic hydroxyl groups is 3. The van der Waals surface area contributed by atoms with Gasteiger partial charge in [0, 0.05) is 57.6 Å². The van der Waals surface area contributed by atoms with E-state index in [0.29, 0.717) is 12.4 Å². The van der Waals surface area contributed by atoms with Crippen molar-refractivity contribution in [2.75, 3.05) is 26.8 Å². The molecule has 0 radical (unpaired) electrons. The van der Waals surface area contributed by atoms with E-state index in [-0.39, 0.29) is 48.5 Å². The fraction of sp³-hybridized carbons (Fsp3) is 0.435. The second-order valence-corrected chi connectivity index (χ2v) is 34.2. The minimum atomic E-state index is -2.42. The number of primary amides is 1. The molecule has 0 aliphatic carbocycles. The average molecular weight is 1830 g/mol. The summed E-state index contributed by atoms with van der Waals surface area (Å²) in [5, 5.41) is 160. The molecule has 8 aliphatic rings. The number of phenolic OH excluding ortho intramolecular Hbond substituents is 3. The Morgan fingerprint density at radius 1 is 0.669 bits per heavy atom. The number of nitrogens with one attached hydrogen (secondary N) is 8. The Balaban J connectivity index is 0.956. The van der Waals surface area contributed by atoms with Gasteiger partial charge in [0.15, 0.2) is 30.1 Å². The van der Waals surface area contributed by atoms with Crippen LogP contribution >= 0.6 is 34.5 Å². The Hall–Kier alpha value is -10.7. The molecule has 0 saturated carbocycles. The Morgan fingerprint density at radius 3 is 1.94 bits per heavy atom. The molecule has 39 nitrogen and oxygen atoms in total. The maximum atomic E-state index is 16.4. The average Bonchev–Trinajstić information content (AvgIpc) is 1.17. The summed E-state index contributed by atoms with van der Waals surface area (Å²) in [4.78, 5) is 122. The number of phenols is 3. The monoisotopic (exact) mass is 1820 g/mol. The lowest BCUT2D eigenvalue weighted by atomic mass is 9.86. The van der Waals surface area contributed by atoms with E-state index in [0.717, 1.165) is 82.0 Å². The van der Waals surface area contributed by atoms with Gasteiger partial charge in [-0.15, -0.1) is 11.3 Å². The van der Waals surface area contributed by atoms with Gasteiger partial charge in [-0.05, 0) is 159 Å². The number of fused-ring (bicyclic) bond motifs is 15. The van der Waals surface area contributed by atoms with E-state index >= 15 is 24.0 Å². The standard InChI is InChI=1S/C85H98Cl2N10O29S/c1-7-118-41-13-8-35(9-14-41)57-19-15-42(127-57)30-91-31-55-67(104)68(105)70(107)83(122-55)126-74-56(32-98)123-84(71(108)69(74)106)125-73-53-24-39-25-54(73)121-52-18-12-38(23-46(52)87)72(124-59-29-85(5,89)75(109)34(4)119-59)65-81(115)95-63(82(116)117)44-26-40(99)27-50(101)60(44)43-21-36(10-16-49(43)100)61(78(112)97-65)94-79(113)62(39)93-77(111)48(28-58(88)102)92-80(114)64(96-76(110)47(90-6)20-33(2)3)66(103)37-11-17-51(120-53)45(86)22-37/h8-19,21-27,33-34,47-48,55-56,59,61-72,74-75,83-84,90-91,98-101,103-109H,7,20,28-32,89H2,1-6H3,(H2,88,102)(H,92,114)(H,93,111)(H,94,113)(H,95,115)(H,96,110)(H,97,112)(H,116,117)/t34-,47+,48+,55+,56+,59?,61+,62+,63+,64?,65-,66+,67-,68-,69+,70+,71+,72+,74+,75-,83-,84-,85-/m0/s1. The fourth-order valence-corrected chi connectivity index (χ4v) is 17.3. The molecule has 3 saturated heterocycles. The molecule has 682 valence electrons. The predicted octanol–water partition coefficient (Wildman–Crippen LogP) is 1.86. The van der Waals surface area contributed by atoms with Crippen molar-refractivity contribution in [3.05, 3.63) is 158 Å². The van der Waals surface area contributed by atoms with Crippen molar-refractivity contribution in [1.29, 1.82) is 0 Å². The number of carbonyl (C=O) groups is 8. The van der Waals surface area contributed by atoms with E-state index in [4.69, 9.17) is 77.3 Å². The predicted molar refractivity (Wildman–Crippen MR) is 447 cm³/mol. The summed E-state index contributed by atoms with van der Waals surface area (Å²) in [6.07, 6.45) is -29.1. The van der Waals surface area contributed by atoms with Crippen molar-refractivity contribution in [3.8, 4) is 73.3 Å². The number of benzene rings is 6. The number of aliphatic carboxylic acids is 1. The summed E-state index contributed by atoms with van der Waals surface area (Å²) < 4.78 is 56.9. The number of rotatable bonds is 22. The molecule has 3 fully saturated rings. The van der Waals surface area contributed by atoms with Gasteiger partial charge < -0.3 is 158 Å². The zero-order valence-corrected chi connectivity index (χ0v) is 71.2. The molecule has 127 heavy (non-hydrogen) atoms. The van der Waals surface area contributed by atoms with Gasteiger partial charge in [0.05, 0.1) is 47.9 Å². The summed E-state index contributed by atoms with van der Waals surface area (Å²) in [6.45, 7) is 7.88. The first-order chi connectivity index (χ1) is 60.3. The maximum absolute atomic E-state index is 16.4. The van der Waals surface area contributed by atoms with E-state index in [1.54, 1.807) is 0 Å². The lowest BCUT2D eigenvalue weighted by molar-refractivity contribution is -0.350. The molecule has 7 aromatic rings. The second kappa shape index (κ2) is 39.5. The van der Waals surface area contributed by atoms with E-state index in [9.17, 15) is 75.7 Å². The van der Waals surface area contributed by atoms with Gasteiger partial charge in [-0.2, -0.15) is 0 Å². The third-order valence-corrected chi connectivity index (χ3v) is 24.2. The topological polar surface area (TPSA) is 611 Å². The quantitative estimate of drug-likeness (QED) is 0.0460. The Bertz CT molecular complexity index is 5270. The van der Waals surface area contributed by atoms with Crippen LogP contribution in [-0.2, 0) is 68.6 Å². The summed E-state index contributed by atoms with van der Waals surface area (Å²) in [5.74, 6) is -15.9. The molecule has 0 spiro atoms. The van der Waals surface area contributed by atoms with Gasteiger partial charge >= 0.3 is 5.97 Å². The molecule has 2 unspecified atom stereocenters. The summed E-state index contributed by atoms with van der Waals surface area (Å²) in [6, 6.07) is 10.4. The van der Waals surface area contributed by atoms with E-state index in [1.807, 2.05) is 57.2 Å². The van der Waals surface area contributed by atoms with Crippen LogP contribution in [0.15, 0.2) is 115 Å². The van der Waals surface area contributed by atoms with Crippen LogP contribution in [0.4, 0.5) is 0 Å². The molecule has 7 amide bonds. The molecule has 23 atom stereocenters. The highest BCUT2D eigenvalue weighted by atomic mass is 35.5. The van der Waals surface area contributed by atoms with Crippen LogP contribution in [0.2, 0.25) is 10.0 Å². The highest BCUT2D eigenvalue weighted by Crippen LogP contribution is 2.51. The molecule has 1 aromatic heterocycles. The normalized spacial score (nSPS) is 29.5. The number of hydrogen-bond donors (Lipinski definition) is 22. The van der Waals surface area contributed by atoms with Crippen LogP contribution in [0.25, 0.3) is 21.6 Å². The van der Waals surface area contributed by atoms with E-state index < -0.39 is 279 Å². The SMILES string of the molecule is CCOc1ccc(-c2ccc(CNC[C@H]3O[C@@H](O[C@H]4[C@H](O)[C@@H](O)[C@H](Oc5c6cc7cc5Oc5ccc(cc5Cl)[C@@H](OC5C[C@](C)(N)[C@@H](O)[C@H](C)O5)[C@@H]5NC(=O)[C@H](NC(=O)[C@@H]7NC(=O)[C@@H](CC(N)=O)NC(=O)C(NC(=O)[C@@H](CC(C)C)NC)[C@H](O)c7ccc(c(Cl)c7)O6)c6ccc(O)c(c6)-c6c(O)cc(O)cc6[C@H](C(=O)O)NC5=O)O[C@@H]4CO)[C@H](O)[C@@H](O)[C@H]3O)s2)cc1. The molecule has 15 rings (SSSR count). The number of thiophene rings is 1. The Morgan fingerprint density at radius 2 is 1.31 bits per heavy atom. The first-order valence-electron chi connectivity index (χ1n) is 40.5. The second-order valence-electron chi connectivity index (χ2n) is 32.2. The number of aliphatic hydroxyl groups is 8. The van der Waals surface area contributed by atoms with Crippen molar-refractivity contribution < 1.29 is 142 Å². The summed E-state index contributed by atoms with van der Waals surface area (Å²) in [5.41, 5.74) is 8.94. The number of ether oxygens (including phenoxy) is 9. The van der Waals surface area contributed by atoms with E-state index in [1.165, 1.54) is 44.4 Å². The number of carboxylic acids is 1. The number of amides is 7. The van der Waals surface area contributed by atoms with Crippen LogP contribution in [0.1, 0.15) is 117 Å². The van der Waals surface area contributed by atoms with Gasteiger partial charge in [0.1, 0.15) is 126 Å². The molecule has 42 heteroatoms. The molecule has 8 aliphatic heterocycles. The van der Waals surface area contributed by atoms with Crippen LogP contribution in [0, 0.1) is 5.92 Å². The first-order valence-corrected chi connectivity index (χ1v) is 42.0. The summed E-state index contributed by atoms with van der Waals surface area (Å²) >= 11 is 16.0. The highest BCUT2D eigenvalue weighted by molar-refractivity contribution is 7.15. The fourth-order valence-electron chi connectivity index (χ4n) is 15.8. The van der Waals surface area contributed by atoms with Crippen molar-refractivity contribution >= 4 is 81.9 Å². The minimum absolute atomic E-state index is 0.129. The van der Waals surface area contributed by atoms with Gasteiger partial charge in [-0.25, -0.2) is 4.79 Å². The van der Waals surface area contributed by atoms with Crippen LogP contribution in [0.3, 0.4) is 0 Å². The molecular weight excluding hydrogens is 1730 g/mol. The number of carboxylic acid groups (broad SMARTS) is 1. The molecular formula is C85H98Cl2N10O29S. The molecule has 11 bridgehead atoms. The van der Waals surface area contributed by atoms with Gasteiger partial charge in [-0.3, -0.25) is 33.6 Å². The zero-order valence-electron chi connectivity index (χ0n) is 68.8. The minimum Gasteiger partial charge on any atom is -0.508 e. The van der Waals surface area contributed by atoms with Gasteiger partial charge in [0.2, 0.25) is 53.4 Å². The van der Waals surface area contributed by atoms with Crippen LogP contribution < -0.4 is 72.9 Å². The Kier molecular flexibility index (Phi) is 29.2. The maximum Gasteiger partial charge on any atom is 0.330 e. The van der Waals surface area contributed by atoms with Gasteiger partial charge in [0.25, 0.3) is 0 Å². The third-order valence-electron chi connectivity index (χ3n) is 22.4. The smallest absolute Gasteiger partial charge is 0.330 e. The number of hydrogen-bond acceptors (Lipinski definition) is 32. The van der Waals surface area contributed by atoms with Crippen molar-refractivity contribution in [1.82, 2.24) is 42.5 Å². The summed E-state index contributed by atoms with van der Waals surface area (Å²) in [7, 11) is 1.46. The highest BCUT2D eigenvalue weighted by Gasteiger charge is 2.53. The van der Waals surface area contributed by atoms with Crippen LogP contribution in [-0.4, -0.2) is 245 Å². The largest absolute Gasteiger partial charge is 0.508 e. The number of likely N-dealkylation sites (N-methyl/N-ethyl adjacent to an activating group) is 1. The number of carbonyl (C=O) groups excluding carboxylic acids is 7. The van der Waals surface area contributed by atoms with Crippen molar-refractivity contribution in [2.45, 2.75) is 200 Å².